The maximum atomic E-state index is 4.98. The average Bonchev–Trinajstić information content (AvgIpc) is 2.83. The Morgan fingerprint density at radius 2 is 2.25 bits per heavy atom. The lowest BCUT2D eigenvalue weighted by molar-refractivity contribution is 0.192. The van der Waals surface area contributed by atoms with Gasteiger partial charge in [0.1, 0.15) is 0 Å². The lowest BCUT2D eigenvalue weighted by atomic mass is 10.3. The van der Waals surface area contributed by atoms with E-state index in [0.29, 0.717) is 0 Å². The Bertz CT molecular complexity index is 116. The fourth-order valence-corrected chi connectivity index (χ4v) is 1.61. The second-order valence-electron chi connectivity index (χ2n) is 3.66. The zero-order chi connectivity index (χ0) is 8.81. The summed E-state index contributed by atoms with van der Waals surface area (Å²) in [6.45, 7) is 4.35. The standard InChI is InChI=1S/C10H21NO/c1-3-9-8-10(9)11-6-4-5-7-12-2/h9-11H,3-8H2,1-2H3. The van der Waals surface area contributed by atoms with Gasteiger partial charge in [0, 0.05) is 19.8 Å². The Kier molecular flexibility index (Phi) is 4.62. The van der Waals surface area contributed by atoms with Crippen LogP contribution >= 0.6 is 0 Å². The number of ether oxygens (including phenoxy) is 1. The van der Waals surface area contributed by atoms with Crippen molar-refractivity contribution < 1.29 is 4.74 Å². The first-order chi connectivity index (χ1) is 5.88. The molecule has 0 bridgehead atoms. The molecule has 2 nitrogen and oxygen atoms in total. The van der Waals surface area contributed by atoms with Crippen LogP contribution < -0.4 is 5.32 Å². The fourth-order valence-electron chi connectivity index (χ4n) is 1.61. The zero-order valence-electron chi connectivity index (χ0n) is 8.31. The van der Waals surface area contributed by atoms with Crippen molar-refractivity contribution in [3.63, 3.8) is 0 Å². The molecule has 0 radical (unpaired) electrons. The summed E-state index contributed by atoms with van der Waals surface area (Å²) in [5, 5.41) is 3.56. The van der Waals surface area contributed by atoms with Crippen LogP contribution in [0.3, 0.4) is 0 Å². The van der Waals surface area contributed by atoms with E-state index in [0.717, 1.165) is 18.6 Å². The van der Waals surface area contributed by atoms with E-state index in [1.165, 1.54) is 32.2 Å². The lowest BCUT2D eigenvalue weighted by Gasteiger charge is -2.02. The third kappa shape index (κ3) is 3.55. The molecule has 0 aromatic rings. The van der Waals surface area contributed by atoms with E-state index in [9.17, 15) is 0 Å². The minimum atomic E-state index is 0.845. The molecule has 0 spiro atoms. The van der Waals surface area contributed by atoms with Crippen LogP contribution in [0.25, 0.3) is 0 Å². The molecule has 0 aromatic heterocycles. The summed E-state index contributed by atoms with van der Waals surface area (Å²) in [7, 11) is 1.77. The minimum Gasteiger partial charge on any atom is -0.385 e. The first-order valence-electron chi connectivity index (χ1n) is 5.10. The summed E-state index contributed by atoms with van der Waals surface area (Å²) >= 11 is 0. The predicted octanol–water partition coefficient (Wildman–Crippen LogP) is 1.80. The van der Waals surface area contributed by atoms with Crippen LogP contribution in [0.4, 0.5) is 0 Å². The summed E-state index contributed by atoms with van der Waals surface area (Å²) in [6, 6.07) is 0.845. The Morgan fingerprint density at radius 1 is 1.42 bits per heavy atom. The molecule has 1 saturated carbocycles. The molecule has 1 fully saturated rings. The van der Waals surface area contributed by atoms with E-state index in [-0.39, 0.29) is 0 Å². The summed E-state index contributed by atoms with van der Waals surface area (Å²) in [5.41, 5.74) is 0. The van der Waals surface area contributed by atoms with E-state index in [4.69, 9.17) is 4.74 Å². The van der Waals surface area contributed by atoms with Gasteiger partial charge in [-0.3, -0.25) is 0 Å². The van der Waals surface area contributed by atoms with Crippen molar-refractivity contribution in [1.29, 1.82) is 0 Å². The largest absolute Gasteiger partial charge is 0.385 e. The van der Waals surface area contributed by atoms with Crippen LogP contribution in [-0.4, -0.2) is 26.3 Å². The van der Waals surface area contributed by atoms with Crippen molar-refractivity contribution in [3.05, 3.63) is 0 Å². The van der Waals surface area contributed by atoms with Gasteiger partial charge in [-0.1, -0.05) is 13.3 Å². The van der Waals surface area contributed by atoms with E-state index in [2.05, 4.69) is 12.2 Å². The Balaban J connectivity index is 1.78. The highest BCUT2D eigenvalue weighted by atomic mass is 16.5. The van der Waals surface area contributed by atoms with Gasteiger partial charge in [-0.2, -0.15) is 0 Å². The molecule has 0 aromatic carbocycles. The van der Waals surface area contributed by atoms with E-state index in [1.807, 2.05) is 0 Å². The number of hydrogen-bond acceptors (Lipinski definition) is 2. The summed E-state index contributed by atoms with van der Waals surface area (Å²) in [4.78, 5) is 0. The first-order valence-corrected chi connectivity index (χ1v) is 5.10. The topological polar surface area (TPSA) is 21.3 Å². The number of unbranched alkanes of at least 4 members (excludes halogenated alkanes) is 1. The molecule has 0 aliphatic heterocycles. The lowest BCUT2D eigenvalue weighted by Crippen LogP contribution is -2.19. The van der Waals surface area contributed by atoms with E-state index in [1.54, 1.807) is 7.11 Å². The average molecular weight is 171 g/mol. The number of nitrogens with one attached hydrogen (secondary N) is 1. The van der Waals surface area contributed by atoms with Crippen LogP contribution in [0.2, 0.25) is 0 Å². The summed E-state index contributed by atoms with van der Waals surface area (Å²) < 4.78 is 4.98. The van der Waals surface area contributed by atoms with E-state index < -0.39 is 0 Å². The number of hydrogen-bond donors (Lipinski definition) is 1. The van der Waals surface area contributed by atoms with Gasteiger partial charge >= 0.3 is 0 Å². The molecule has 0 saturated heterocycles. The normalized spacial score (nSPS) is 27.5. The first kappa shape index (κ1) is 10.0. The van der Waals surface area contributed by atoms with Gasteiger partial charge in [0.2, 0.25) is 0 Å². The van der Waals surface area contributed by atoms with Crippen LogP contribution in [0.15, 0.2) is 0 Å². The number of methoxy groups -OCH3 is 1. The van der Waals surface area contributed by atoms with Gasteiger partial charge in [-0.05, 0) is 31.7 Å². The molecular formula is C10H21NO. The Morgan fingerprint density at radius 3 is 2.83 bits per heavy atom. The molecule has 1 rings (SSSR count). The smallest absolute Gasteiger partial charge is 0.0462 e. The molecule has 2 atom stereocenters. The van der Waals surface area contributed by atoms with Crippen molar-refractivity contribution in [1.82, 2.24) is 5.32 Å². The molecule has 1 aliphatic carbocycles. The second-order valence-corrected chi connectivity index (χ2v) is 3.66. The van der Waals surface area contributed by atoms with Gasteiger partial charge in [-0.15, -0.1) is 0 Å². The molecule has 12 heavy (non-hydrogen) atoms. The van der Waals surface area contributed by atoms with Crippen molar-refractivity contribution in [3.8, 4) is 0 Å². The Labute approximate surface area is 75.7 Å². The molecule has 0 amide bonds. The predicted molar refractivity (Wildman–Crippen MR) is 51.3 cm³/mol. The van der Waals surface area contributed by atoms with Gasteiger partial charge in [-0.25, -0.2) is 0 Å². The fraction of sp³-hybridized carbons (Fsp3) is 1.00. The summed E-state index contributed by atoms with van der Waals surface area (Å²) in [5.74, 6) is 0.979. The molecule has 1 aliphatic rings. The highest BCUT2D eigenvalue weighted by molar-refractivity contribution is 4.91. The molecule has 2 unspecified atom stereocenters. The molecule has 1 N–H and O–H groups in total. The van der Waals surface area contributed by atoms with Crippen molar-refractivity contribution in [2.24, 2.45) is 5.92 Å². The van der Waals surface area contributed by atoms with Crippen molar-refractivity contribution in [2.45, 2.75) is 38.6 Å². The number of rotatable bonds is 7. The van der Waals surface area contributed by atoms with Crippen molar-refractivity contribution >= 4 is 0 Å². The van der Waals surface area contributed by atoms with Gasteiger partial charge < -0.3 is 10.1 Å². The van der Waals surface area contributed by atoms with Crippen LogP contribution in [0.1, 0.15) is 32.6 Å². The van der Waals surface area contributed by atoms with Gasteiger partial charge in [0.15, 0.2) is 0 Å². The van der Waals surface area contributed by atoms with E-state index >= 15 is 0 Å². The van der Waals surface area contributed by atoms with Crippen LogP contribution in [0.5, 0.6) is 0 Å². The third-order valence-electron chi connectivity index (χ3n) is 2.63. The molecule has 2 heteroatoms. The van der Waals surface area contributed by atoms with Crippen molar-refractivity contribution in [2.75, 3.05) is 20.3 Å². The summed E-state index contributed by atoms with van der Waals surface area (Å²) in [6.07, 6.45) is 5.18. The monoisotopic (exact) mass is 171 g/mol. The zero-order valence-corrected chi connectivity index (χ0v) is 8.31. The molecular weight excluding hydrogens is 150 g/mol. The molecule has 0 heterocycles. The highest BCUT2D eigenvalue weighted by Gasteiger charge is 2.34. The Hall–Kier alpha value is -0.0800. The SMILES string of the molecule is CCC1CC1NCCCCOC. The third-order valence-corrected chi connectivity index (χ3v) is 2.63. The highest BCUT2D eigenvalue weighted by Crippen LogP contribution is 2.32. The van der Waals surface area contributed by atoms with Gasteiger partial charge in [0.25, 0.3) is 0 Å². The minimum absolute atomic E-state index is 0.845. The molecule has 72 valence electrons. The maximum absolute atomic E-state index is 4.98. The van der Waals surface area contributed by atoms with Crippen LogP contribution in [0, 0.1) is 5.92 Å². The van der Waals surface area contributed by atoms with Gasteiger partial charge in [0.05, 0.1) is 0 Å². The quantitative estimate of drug-likeness (QED) is 0.590. The second kappa shape index (κ2) is 5.55. The van der Waals surface area contributed by atoms with Crippen LogP contribution in [-0.2, 0) is 4.74 Å². The maximum Gasteiger partial charge on any atom is 0.0462 e.